The lowest BCUT2D eigenvalue weighted by Gasteiger charge is -2.05. The maximum Gasteiger partial charge on any atom is 0.101 e. The standard InChI is InChI=1S/C13H14N4/c1-9-10(2)16-17(11(9)3)8-13-12(7-14)5-4-6-15-13/h4-6H,8H2,1-3H3. The molecule has 0 aliphatic heterocycles. The second-order valence-electron chi connectivity index (χ2n) is 4.06. The number of pyridine rings is 1. The highest BCUT2D eigenvalue weighted by Gasteiger charge is 2.10. The molecule has 0 saturated carbocycles. The zero-order chi connectivity index (χ0) is 12.4. The smallest absolute Gasteiger partial charge is 0.101 e. The lowest BCUT2D eigenvalue weighted by atomic mass is 10.2. The highest BCUT2D eigenvalue weighted by molar-refractivity contribution is 5.33. The number of hydrogen-bond acceptors (Lipinski definition) is 3. The number of nitriles is 1. The normalized spacial score (nSPS) is 10.2. The van der Waals surface area contributed by atoms with Crippen LogP contribution in [0.4, 0.5) is 0 Å². The van der Waals surface area contributed by atoms with E-state index in [1.54, 1.807) is 18.3 Å². The molecule has 0 bridgehead atoms. The minimum Gasteiger partial charge on any atom is -0.263 e. The van der Waals surface area contributed by atoms with E-state index in [2.05, 4.69) is 23.1 Å². The molecule has 0 N–H and O–H groups in total. The predicted octanol–water partition coefficient (Wildman–Crippen LogP) is 2.12. The molecule has 2 aromatic heterocycles. The first-order valence-corrected chi connectivity index (χ1v) is 5.48. The monoisotopic (exact) mass is 226 g/mol. The largest absolute Gasteiger partial charge is 0.263 e. The van der Waals surface area contributed by atoms with Gasteiger partial charge in [-0.2, -0.15) is 10.4 Å². The van der Waals surface area contributed by atoms with Crippen molar-refractivity contribution >= 4 is 0 Å². The summed E-state index contributed by atoms with van der Waals surface area (Å²) in [6.45, 7) is 6.62. The molecule has 0 atom stereocenters. The van der Waals surface area contributed by atoms with Crippen LogP contribution in [0.25, 0.3) is 0 Å². The summed E-state index contributed by atoms with van der Waals surface area (Å²) >= 11 is 0. The minimum atomic E-state index is 0.546. The maximum atomic E-state index is 9.01. The number of aryl methyl sites for hydroxylation is 1. The van der Waals surface area contributed by atoms with Crippen molar-refractivity contribution < 1.29 is 0 Å². The van der Waals surface area contributed by atoms with Crippen molar-refractivity contribution in [2.75, 3.05) is 0 Å². The lowest BCUT2D eigenvalue weighted by molar-refractivity contribution is 0.645. The summed E-state index contributed by atoms with van der Waals surface area (Å²) in [5.74, 6) is 0. The fraction of sp³-hybridized carbons (Fsp3) is 0.308. The van der Waals surface area contributed by atoms with Crippen LogP contribution in [0.1, 0.15) is 28.2 Å². The zero-order valence-electron chi connectivity index (χ0n) is 10.2. The Morgan fingerprint density at radius 1 is 1.35 bits per heavy atom. The second-order valence-corrected chi connectivity index (χ2v) is 4.06. The Morgan fingerprint density at radius 3 is 2.71 bits per heavy atom. The van der Waals surface area contributed by atoms with Crippen LogP contribution in [-0.2, 0) is 6.54 Å². The van der Waals surface area contributed by atoms with Crippen LogP contribution >= 0.6 is 0 Å². The van der Waals surface area contributed by atoms with Crippen molar-refractivity contribution in [1.82, 2.24) is 14.8 Å². The third-order valence-electron chi connectivity index (χ3n) is 3.05. The Morgan fingerprint density at radius 2 is 2.12 bits per heavy atom. The average molecular weight is 226 g/mol. The van der Waals surface area contributed by atoms with E-state index < -0.39 is 0 Å². The molecular weight excluding hydrogens is 212 g/mol. The topological polar surface area (TPSA) is 54.5 Å². The predicted molar refractivity (Wildman–Crippen MR) is 64.5 cm³/mol. The Labute approximate surface area is 101 Å². The summed E-state index contributed by atoms with van der Waals surface area (Å²) in [4.78, 5) is 4.24. The average Bonchev–Trinajstić information content (AvgIpc) is 2.58. The molecule has 0 amide bonds. The zero-order valence-corrected chi connectivity index (χ0v) is 10.2. The van der Waals surface area contributed by atoms with Gasteiger partial charge in [-0.05, 0) is 38.5 Å². The highest BCUT2D eigenvalue weighted by atomic mass is 15.3. The molecule has 4 heteroatoms. The van der Waals surface area contributed by atoms with Crippen LogP contribution in [0.2, 0.25) is 0 Å². The van der Waals surface area contributed by atoms with Gasteiger partial charge in [0.2, 0.25) is 0 Å². The van der Waals surface area contributed by atoms with Gasteiger partial charge in [0.1, 0.15) is 6.07 Å². The van der Waals surface area contributed by atoms with Crippen LogP contribution in [0.15, 0.2) is 18.3 Å². The molecule has 0 aromatic carbocycles. The van der Waals surface area contributed by atoms with Gasteiger partial charge in [0.25, 0.3) is 0 Å². The van der Waals surface area contributed by atoms with E-state index in [0.717, 1.165) is 17.1 Å². The van der Waals surface area contributed by atoms with Crippen molar-refractivity contribution in [3.05, 3.63) is 46.5 Å². The van der Waals surface area contributed by atoms with Gasteiger partial charge in [0, 0.05) is 11.9 Å². The molecule has 0 fully saturated rings. The molecule has 0 aliphatic rings. The van der Waals surface area contributed by atoms with Gasteiger partial charge in [0.15, 0.2) is 0 Å². The van der Waals surface area contributed by atoms with E-state index in [0.29, 0.717) is 12.1 Å². The lowest BCUT2D eigenvalue weighted by Crippen LogP contribution is -2.07. The van der Waals surface area contributed by atoms with Crippen molar-refractivity contribution in [2.45, 2.75) is 27.3 Å². The summed E-state index contributed by atoms with van der Waals surface area (Å²) < 4.78 is 1.90. The van der Waals surface area contributed by atoms with Gasteiger partial charge >= 0.3 is 0 Å². The van der Waals surface area contributed by atoms with Crippen LogP contribution in [0.3, 0.4) is 0 Å². The number of aromatic nitrogens is 3. The summed E-state index contributed by atoms with van der Waals surface area (Å²) in [6, 6.07) is 5.70. The molecule has 0 unspecified atom stereocenters. The van der Waals surface area contributed by atoms with Crippen molar-refractivity contribution in [2.24, 2.45) is 0 Å². The molecule has 0 radical (unpaired) electrons. The van der Waals surface area contributed by atoms with Gasteiger partial charge in [-0.1, -0.05) is 0 Å². The van der Waals surface area contributed by atoms with Crippen molar-refractivity contribution in [3.8, 4) is 6.07 Å². The Bertz CT molecular complexity index is 590. The van der Waals surface area contributed by atoms with Crippen LogP contribution in [0.5, 0.6) is 0 Å². The third kappa shape index (κ3) is 2.04. The summed E-state index contributed by atoms with van der Waals surface area (Å²) in [7, 11) is 0. The van der Waals surface area contributed by atoms with Gasteiger partial charge < -0.3 is 0 Å². The molecule has 4 nitrogen and oxygen atoms in total. The quantitative estimate of drug-likeness (QED) is 0.788. The molecular formula is C13H14N4. The fourth-order valence-electron chi connectivity index (χ4n) is 1.75. The Hall–Kier alpha value is -2.15. The van der Waals surface area contributed by atoms with E-state index >= 15 is 0 Å². The second kappa shape index (κ2) is 4.38. The number of nitrogens with zero attached hydrogens (tertiary/aromatic N) is 4. The first-order valence-electron chi connectivity index (χ1n) is 5.48. The highest BCUT2D eigenvalue weighted by Crippen LogP contribution is 2.13. The molecule has 17 heavy (non-hydrogen) atoms. The van der Waals surface area contributed by atoms with Crippen LogP contribution < -0.4 is 0 Å². The third-order valence-corrected chi connectivity index (χ3v) is 3.05. The van der Waals surface area contributed by atoms with Gasteiger partial charge in [0.05, 0.1) is 23.5 Å². The first-order chi connectivity index (χ1) is 8.13. The molecule has 86 valence electrons. The molecule has 0 spiro atoms. The maximum absolute atomic E-state index is 9.01. The van der Waals surface area contributed by atoms with Gasteiger partial charge in [-0.15, -0.1) is 0 Å². The summed E-state index contributed by atoms with van der Waals surface area (Å²) in [5, 5.41) is 13.5. The van der Waals surface area contributed by atoms with E-state index in [9.17, 15) is 0 Å². The fourth-order valence-corrected chi connectivity index (χ4v) is 1.75. The first kappa shape index (κ1) is 11.3. The molecule has 2 rings (SSSR count). The number of rotatable bonds is 2. The van der Waals surface area contributed by atoms with Crippen LogP contribution in [-0.4, -0.2) is 14.8 Å². The molecule has 0 aliphatic carbocycles. The van der Waals surface area contributed by atoms with Crippen LogP contribution in [0, 0.1) is 32.1 Å². The molecule has 0 saturated heterocycles. The van der Waals surface area contributed by atoms with Crippen molar-refractivity contribution in [1.29, 1.82) is 5.26 Å². The molecule has 2 heterocycles. The molecule has 2 aromatic rings. The summed E-state index contributed by atoms with van der Waals surface area (Å²) in [5.41, 5.74) is 4.71. The Kier molecular flexibility index (Phi) is 2.92. The van der Waals surface area contributed by atoms with E-state index in [1.807, 2.05) is 18.5 Å². The van der Waals surface area contributed by atoms with E-state index in [4.69, 9.17) is 5.26 Å². The van der Waals surface area contributed by atoms with Gasteiger partial charge in [-0.3, -0.25) is 9.67 Å². The summed E-state index contributed by atoms with van der Waals surface area (Å²) in [6.07, 6.45) is 1.70. The van der Waals surface area contributed by atoms with Gasteiger partial charge in [-0.25, -0.2) is 0 Å². The van der Waals surface area contributed by atoms with Crippen molar-refractivity contribution in [3.63, 3.8) is 0 Å². The Balaban J connectivity index is 2.39. The number of hydrogen-bond donors (Lipinski definition) is 0. The van der Waals surface area contributed by atoms with E-state index in [1.165, 1.54) is 5.56 Å². The SMILES string of the molecule is Cc1nn(Cc2ncccc2C#N)c(C)c1C. The van der Waals surface area contributed by atoms with E-state index in [-0.39, 0.29) is 0 Å². The minimum absolute atomic E-state index is 0.546.